The van der Waals surface area contributed by atoms with E-state index in [1.807, 2.05) is 0 Å². The van der Waals surface area contributed by atoms with Crippen molar-refractivity contribution in [3.05, 3.63) is 0 Å². The average molecular weight is 298 g/mol. The zero-order valence-corrected chi connectivity index (χ0v) is 14.2. The fourth-order valence-corrected chi connectivity index (χ4v) is 3.61. The maximum atomic E-state index is 11.6. The molecule has 1 N–H and O–H groups in total. The Morgan fingerprint density at radius 1 is 1.00 bits per heavy atom. The second-order valence-electron chi connectivity index (χ2n) is 6.16. The van der Waals surface area contributed by atoms with Crippen LogP contribution >= 0.6 is 0 Å². The number of aliphatic carboxylic acids is 1. The number of hydrogen-bond donors (Lipinski definition) is 1. The van der Waals surface area contributed by atoms with Crippen LogP contribution < -0.4 is 0 Å². The third kappa shape index (κ3) is 5.95. The molecule has 1 fully saturated rings. The van der Waals surface area contributed by atoms with Gasteiger partial charge in [-0.25, -0.2) is 0 Å². The van der Waals surface area contributed by atoms with Crippen molar-refractivity contribution >= 4 is 5.97 Å². The summed E-state index contributed by atoms with van der Waals surface area (Å²) >= 11 is 0. The van der Waals surface area contributed by atoms with Gasteiger partial charge in [0.15, 0.2) is 0 Å². The van der Waals surface area contributed by atoms with Crippen molar-refractivity contribution < 1.29 is 9.90 Å². The van der Waals surface area contributed by atoms with E-state index in [1.54, 1.807) is 0 Å². The Hall–Kier alpha value is -0.610. The first-order valence-corrected chi connectivity index (χ1v) is 8.83. The van der Waals surface area contributed by atoms with Gasteiger partial charge < -0.3 is 10.0 Å². The highest BCUT2D eigenvalue weighted by Gasteiger charge is 2.32. The van der Waals surface area contributed by atoms with E-state index >= 15 is 0 Å². The molecule has 4 nitrogen and oxygen atoms in total. The molecule has 124 valence electrons. The fraction of sp³-hybridized carbons (Fsp3) is 0.941. The number of carboxylic acids is 1. The summed E-state index contributed by atoms with van der Waals surface area (Å²) in [5.74, 6) is -0.759. The van der Waals surface area contributed by atoms with Gasteiger partial charge in [-0.05, 0) is 52.0 Å². The highest BCUT2D eigenvalue weighted by atomic mass is 16.4. The van der Waals surface area contributed by atoms with Crippen molar-refractivity contribution in [1.29, 1.82) is 0 Å². The van der Waals surface area contributed by atoms with Gasteiger partial charge in [0, 0.05) is 6.04 Å². The average Bonchev–Trinajstić information content (AvgIpc) is 2.73. The Morgan fingerprint density at radius 2 is 1.67 bits per heavy atom. The van der Waals surface area contributed by atoms with E-state index in [9.17, 15) is 9.90 Å². The maximum absolute atomic E-state index is 11.6. The van der Waals surface area contributed by atoms with Gasteiger partial charge in [0.1, 0.15) is 0 Å². The van der Waals surface area contributed by atoms with Crippen LogP contribution in [0.5, 0.6) is 0 Å². The Balaban J connectivity index is 2.56. The first-order chi connectivity index (χ1) is 10.1. The lowest BCUT2D eigenvalue weighted by atomic mass is 9.93. The minimum Gasteiger partial charge on any atom is -0.481 e. The van der Waals surface area contributed by atoms with Crippen molar-refractivity contribution in [3.63, 3.8) is 0 Å². The van der Waals surface area contributed by atoms with E-state index in [-0.39, 0.29) is 12.0 Å². The Labute approximate surface area is 130 Å². The molecule has 0 amide bonds. The lowest BCUT2D eigenvalue weighted by Crippen LogP contribution is -2.44. The van der Waals surface area contributed by atoms with Crippen molar-refractivity contribution in [2.24, 2.45) is 5.92 Å². The van der Waals surface area contributed by atoms with Gasteiger partial charge in [-0.3, -0.25) is 9.69 Å². The molecular weight excluding hydrogens is 264 g/mol. The van der Waals surface area contributed by atoms with Crippen LogP contribution in [0.4, 0.5) is 0 Å². The number of carbonyl (C=O) groups is 1. The summed E-state index contributed by atoms with van der Waals surface area (Å²) in [6, 6.07) is 0.242. The second-order valence-corrected chi connectivity index (χ2v) is 6.16. The molecule has 1 aliphatic carbocycles. The Morgan fingerprint density at radius 3 is 2.24 bits per heavy atom. The number of carboxylic acid groups (broad SMARTS) is 1. The van der Waals surface area contributed by atoms with E-state index < -0.39 is 5.97 Å². The first kappa shape index (κ1) is 18.4. The standard InChI is InChI=1S/C17H34N2O2/c1-4-18(5-2)13-10-14-19(6-3)16-12-9-7-8-11-15(16)17(20)21/h15-16H,4-14H2,1-3H3,(H,20,21). The van der Waals surface area contributed by atoms with Gasteiger partial charge in [0.25, 0.3) is 0 Å². The van der Waals surface area contributed by atoms with Crippen LogP contribution in [0.3, 0.4) is 0 Å². The first-order valence-electron chi connectivity index (χ1n) is 8.83. The highest BCUT2D eigenvalue weighted by Crippen LogP contribution is 2.28. The van der Waals surface area contributed by atoms with Crippen LogP contribution in [0.1, 0.15) is 59.3 Å². The molecule has 2 atom stereocenters. The largest absolute Gasteiger partial charge is 0.481 e. The summed E-state index contributed by atoms with van der Waals surface area (Å²) in [4.78, 5) is 16.4. The van der Waals surface area contributed by atoms with Crippen LogP contribution in [-0.4, -0.2) is 59.6 Å². The highest BCUT2D eigenvalue weighted by molar-refractivity contribution is 5.70. The molecule has 0 heterocycles. The third-order valence-corrected chi connectivity index (χ3v) is 4.99. The van der Waals surface area contributed by atoms with Crippen LogP contribution in [-0.2, 0) is 4.79 Å². The van der Waals surface area contributed by atoms with E-state index in [0.29, 0.717) is 0 Å². The molecule has 0 aromatic rings. The molecule has 0 bridgehead atoms. The van der Waals surface area contributed by atoms with Crippen molar-refractivity contribution in [3.8, 4) is 0 Å². The third-order valence-electron chi connectivity index (χ3n) is 4.99. The quantitative estimate of drug-likeness (QED) is 0.664. The zero-order valence-electron chi connectivity index (χ0n) is 14.2. The molecule has 0 radical (unpaired) electrons. The maximum Gasteiger partial charge on any atom is 0.308 e. The summed E-state index contributed by atoms with van der Waals surface area (Å²) < 4.78 is 0. The molecular formula is C17H34N2O2. The van der Waals surface area contributed by atoms with Crippen LogP contribution in [0, 0.1) is 5.92 Å². The molecule has 0 saturated heterocycles. The number of hydrogen-bond acceptors (Lipinski definition) is 3. The monoisotopic (exact) mass is 298 g/mol. The topological polar surface area (TPSA) is 43.8 Å². The zero-order chi connectivity index (χ0) is 15.7. The molecule has 0 aromatic heterocycles. The van der Waals surface area contributed by atoms with E-state index in [0.717, 1.165) is 58.4 Å². The molecule has 0 spiro atoms. The lowest BCUT2D eigenvalue weighted by Gasteiger charge is -2.34. The summed E-state index contributed by atoms with van der Waals surface area (Å²) in [7, 11) is 0. The Kier molecular flexibility index (Phi) is 8.93. The summed E-state index contributed by atoms with van der Waals surface area (Å²) in [6.45, 7) is 11.9. The molecule has 4 heteroatoms. The van der Waals surface area contributed by atoms with Crippen LogP contribution in [0.2, 0.25) is 0 Å². The van der Waals surface area contributed by atoms with Gasteiger partial charge in [-0.15, -0.1) is 0 Å². The van der Waals surface area contributed by atoms with Gasteiger partial charge in [-0.2, -0.15) is 0 Å². The van der Waals surface area contributed by atoms with Gasteiger partial charge in [0.2, 0.25) is 0 Å². The van der Waals surface area contributed by atoms with E-state index in [4.69, 9.17) is 0 Å². The summed E-state index contributed by atoms with van der Waals surface area (Å²) in [6.07, 6.45) is 6.49. The predicted molar refractivity (Wildman–Crippen MR) is 87.7 cm³/mol. The fourth-order valence-electron chi connectivity index (χ4n) is 3.61. The second kappa shape index (κ2) is 10.2. The van der Waals surface area contributed by atoms with Gasteiger partial charge in [0.05, 0.1) is 5.92 Å². The molecule has 2 unspecified atom stereocenters. The van der Waals surface area contributed by atoms with Crippen LogP contribution in [0.25, 0.3) is 0 Å². The van der Waals surface area contributed by atoms with E-state index in [2.05, 4.69) is 30.6 Å². The Bertz CT molecular complexity index is 293. The van der Waals surface area contributed by atoms with Crippen molar-refractivity contribution in [2.45, 2.75) is 65.3 Å². The van der Waals surface area contributed by atoms with E-state index in [1.165, 1.54) is 12.8 Å². The predicted octanol–water partition coefficient (Wildman–Crippen LogP) is 3.07. The normalized spacial score (nSPS) is 23.5. The summed E-state index contributed by atoms with van der Waals surface area (Å²) in [5, 5.41) is 9.53. The van der Waals surface area contributed by atoms with Gasteiger partial charge >= 0.3 is 5.97 Å². The molecule has 1 saturated carbocycles. The lowest BCUT2D eigenvalue weighted by molar-refractivity contribution is -0.144. The minimum atomic E-state index is -0.593. The minimum absolute atomic E-state index is 0.166. The van der Waals surface area contributed by atoms with Crippen molar-refractivity contribution in [1.82, 2.24) is 9.80 Å². The molecule has 0 aromatic carbocycles. The van der Waals surface area contributed by atoms with Crippen LogP contribution in [0.15, 0.2) is 0 Å². The SMILES string of the molecule is CCN(CC)CCCN(CC)C1CCCCCC1C(=O)O. The number of nitrogens with zero attached hydrogens (tertiary/aromatic N) is 2. The number of rotatable bonds is 9. The summed E-state index contributed by atoms with van der Waals surface area (Å²) in [5.41, 5.74) is 0. The molecule has 1 rings (SSSR count). The smallest absolute Gasteiger partial charge is 0.308 e. The molecule has 0 aliphatic heterocycles. The molecule has 1 aliphatic rings. The molecule has 21 heavy (non-hydrogen) atoms. The van der Waals surface area contributed by atoms with Gasteiger partial charge in [-0.1, -0.05) is 40.0 Å². The van der Waals surface area contributed by atoms with Crippen molar-refractivity contribution in [2.75, 3.05) is 32.7 Å².